The van der Waals surface area contributed by atoms with E-state index in [1.165, 1.54) is 11.1 Å². The van der Waals surface area contributed by atoms with Gasteiger partial charge in [-0.15, -0.1) is 0 Å². The Morgan fingerprint density at radius 1 is 1.18 bits per heavy atom. The minimum Gasteiger partial charge on any atom is -0.365 e. The van der Waals surface area contributed by atoms with Gasteiger partial charge in [0.15, 0.2) is 0 Å². The Balaban J connectivity index is 2.38. The van der Waals surface area contributed by atoms with Crippen molar-refractivity contribution in [3.8, 4) is 0 Å². The van der Waals surface area contributed by atoms with Crippen molar-refractivity contribution >= 4 is 5.57 Å². The molecule has 2 rings (SSSR count). The second-order valence-corrected chi connectivity index (χ2v) is 6.03. The van der Waals surface area contributed by atoms with Crippen LogP contribution >= 0.6 is 0 Å². The van der Waals surface area contributed by atoms with Crippen molar-refractivity contribution in [3.05, 3.63) is 35.7 Å². The van der Waals surface area contributed by atoms with Crippen LogP contribution in [0.2, 0.25) is 0 Å². The molecule has 0 spiro atoms. The fraction of sp³-hybridized carbons (Fsp3) is 0.533. The predicted octanol–water partition coefficient (Wildman–Crippen LogP) is 3.75. The summed E-state index contributed by atoms with van der Waals surface area (Å²) in [5.41, 5.74) is 3.20. The summed E-state index contributed by atoms with van der Waals surface area (Å²) in [6, 6.07) is 4.21. The predicted molar refractivity (Wildman–Crippen MR) is 70.8 cm³/mol. The van der Waals surface area contributed by atoms with Crippen LogP contribution in [0.5, 0.6) is 0 Å². The van der Waals surface area contributed by atoms with Gasteiger partial charge in [-0.25, -0.2) is 0 Å². The van der Waals surface area contributed by atoms with Crippen molar-refractivity contribution in [2.45, 2.75) is 52.2 Å². The lowest BCUT2D eigenvalue weighted by Crippen LogP contribution is -2.39. The number of aromatic nitrogens is 1. The summed E-state index contributed by atoms with van der Waals surface area (Å²) in [5, 5.41) is 0. The van der Waals surface area contributed by atoms with Gasteiger partial charge in [0.25, 0.3) is 0 Å². The standard InChI is InChI=1S/C15H21NO/c1-11-6-7-13(16-10-11)12-8-14(2,3)17-15(4,5)9-12/h6-8,10H,9H2,1-5H3. The van der Waals surface area contributed by atoms with Gasteiger partial charge >= 0.3 is 0 Å². The summed E-state index contributed by atoms with van der Waals surface area (Å²) in [7, 11) is 0. The molecule has 2 heterocycles. The molecule has 1 aliphatic rings. The minimum atomic E-state index is -0.219. The van der Waals surface area contributed by atoms with Crippen LogP contribution in [0.1, 0.15) is 45.4 Å². The fourth-order valence-corrected chi connectivity index (χ4v) is 2.53. The molecular formula is C15H21NO. The molecule has 0 radical (unpaired) electrons. The molecule has 0 saturated heterocycles. The van der Waals surface area contributed by atoms with E-state index in [1.54, 1.807) is 0 Å². The van der Waals surface area contributed by atoms with Crippen molar-refractivity contribution in [3.63, 3.8) is 0 Å². The largest absolute Gasteiger partial charge is 0.365 e. The summed E-state index contributed by atoms with van der Waals surface area (Å²) in [6.07, 6.45) is 5.02. The normalized spacial score (nSPS) is 22.1. The molecule has 92 valence electrons. The molecule has 2 nitrogen and oxygen atoms in total. The highest BCUT2D eigenvalue weighted by atomic mass is 16.5. The highest BCUT2D eigenvalue weighted by Gasteiger charge is 2.34. The molecule has 0 amide bonds. The third kappa shape index (κ3) is 2.95. The van der Waals surface area contributed by atoms with E-state index >= 15 is 0 Å². The number of pyridine rings is 1. The van der Waals surface area contributed by atoms with E-state index in [-0.39, 0.29) is 11.2 Å². The summed E-state index contributed by atoms with van der Waals surface area (Å²) >= 11 is 0. The third-order valence-corrected chi connectivity index (χ3v) is 2.92. The Morgan fingerprint density at radius 2 is 1.88 bits per heavy atom. The lowest BCUT2D eigenvalue weighted by Gasteiger charge is -2.40. The maximum Gasteiger partial charge on any atom is 0.0820 e. The van der Waals surface area contributed by atoms with E-state index in [0.717, 1.165) is 12.1 Å². The first kappa shape index (κ1) is 12.3. The van der Waals surface area contributed by atoms with Gasteiger partial charge in [0.1, 0.15) is 0 Å². The number of hydrogen-bond acceptors (Lipinski definition) is 2. The van der Waals surface area contributed by atoms with Gasteiger partial charge in [0.05, 0.1) is 16.9 Å². The van der Waals surface area contributed by atoms with Gasteiger partial charge in [0, 0.05) is 12.6 Å². The van der Waals surface area contributed by atoms with Crippen LogP contribution in [0.3, 0.4) is 0 Å². The molecule has 1 aromatic heterocycles. The Hall–Kier alpha value is -1.15. The van der Waals surface area contributed by atoms with Gasteiger partial charge in [-0.2, -0.15) is 0 Å². The lowest BCUT2D eigenvalue weighted by atomic mass is 9.87. The molecular weight excluding hydrogens is 210 g/mol. The molecule has 0 saturated carbocycles. The van der Waals surface area contributed by atoms with Crippen LogP contribution in [0.25, 0.3) is 5.57 Å². The zero-order valence-corrected chi connectivity index (χ0v) is 11.4. The van der Waals surface area contributed by atoms with Gasteiger partial charge < -0.3 is 4.74 Å². The van der Waals surface area contributed by atoms with Crippen molar-refractivity contribution in [1.29, 1.82) is 0 Å². The first-order chi connectivity index (χ1) is 7.77. The van der Waals surface area contributed by atoms with Crippen LogP contribution in [0.15, 0.2) is 24.4 Å². The van der Waals surface area contributed by atoms with Crippen molar-refractivity contribution in [1.82, 2.24) is 4.98 Å². The smallest absolute Gasteiger partial charge is 0.0820 e. The second-order valence-electron chi connectivity index (χ2n) is 6.03. The highest BCUT2D eigenvalue weighted by molar-refractivity contribution is 5.65. The number of aryl methyl sites for hydroxylation is 1. The van der Waals surface area contributed by atoms with Gasteiger partial charge in [0.2, 0.25) is 0 Å². The molecule has 0 N–H and O–H groups in total. The average Bonchev–Trinajstić information content (AvgIpc) is 2.13. The van der Waals surface area contributed by atoms with Gasteiger partial charge in [-0.05, 0) is 57.9 Å². The lowest BCUT2D eigenvalue weighted by molar-refractivity contribution is -0.100. The van der Waals surface area contributed by atoms with Crippen LogP contribution in [-0.4, -0.2) is 16.2 Å². The topological polar surface area (TPSA) is 22.1 Å². The molecule has 0 bridgehead atoms. The van der Waals surface area contributed by atoms with Crippen molar-refractivity contribution in [2.24, 2.45) is 0 Å². The first-order valence-corrected chi connectivity index (χ1v) is 6.12. The van der Waals surface area contributed by atoms with Crippen LogP contribution < -0.4 is 0 Å². The Bertz CT molecular complexity index is 440. The molecule has 0 fully saturated rings. The Kier molecular flexibility index (Phi) is 2.86. The molecule has 17 heavy (non-hydrogen) atoms. The molecule has 0 atom stereocenters. The van der Waals surface area contributed by atoms with Crippen LogP contribution in [0, 0.1) is 6.92 Å². The molecule has 1 aromatic rings. The fourth-order valence-electron chi connectivity index (χ4n) is 2.53. The Morgan fingerprint density at radius 3 is 2.41 bits per heavy atom. The molecule has 0 aromatic carbocycles. The number of rotatable bonds is 1. The van der Waals surface area contributed by atoms with E-state index in [9.17, 15) is 0 Å². The Labute approximate surface area is 104 Å². The summed E-state index contributed by atoms with van der Waals surface area (Å²) < 4.78 is 6.03. The first-order valence-electron chi connectivity index (χ1n) is 6.12. The van der Waals surface area contributed by atoms with E-state index in [4.69, 9.17) is 4.74 Å². The average molecular weight is 231 g/mol. The minimum absolute atomic E-state index is 0.125. The monoisotopic (exact) mass is 231 g/mol. The van der Waals surface area contributed by atoms with Gasteiger partial charge in [-0.1, -0.05) is 6.07 Å². The van der Waals surface area contributed by atoms with E-state index in [0.29, 0.717) is 0 Å². The SMILES string of the molecule is Cc1ccc(C2=CC(C)(C)OC(C)(C)C2)nc1. The summed E-state index contributed by atoms with van der Waals surface area (Å²) in [5.74, 6) is 0. The van der Waals surface area contributed by atoms with Gasteiger partial charge in [-0.3, -0.25) is 4.98 Å². The van der Waals surface area contributed by atoms with Crippen molar-refractivity contribution in [2.75, 3.05) is 0 Å². The van der Waals surface area contributed by atoms with Crippen LogP contribution in [-0.2, 0) is 4.74 Å². The maximum atomic E-state index is 6.03. The zero-order chi connectivity index (χ0) is 12.7. The summed E-state index contributed by atoms with van der Waals surface area (Å²) in [6.45, 7) is 10.5. The van der Waals surface area contributed by atoms with E-state index < -0.39 is 0 Å². The molecule has 2 heteroatoms. The molecule has 1 aliphatic heterocycles. The third-order valence-electron chi connectivity index (χ3n) is 2.92. The number of hydrogen-bond donors (Lipinski definition) is 0. The maximum absolute atomic E-state index is 6.03. The zero-order valence-electron chi connectivity index (χ0n) is 11.4. The quantitative estimate of drug-likeness (QED) is 0.734. The summed E-state index contributed by atoms with van der Waals surface area (Å²) in [4.78, 5) is 4.51. The van der Waals surface area contributed by atoms with Crippen LogP contribution in [0.4, 0.5) is 0 Å². The molecule has 0 unspecified atom stereocenters. The number of ether oxygens (including phenoxy) is 1. The van der Waals surface area contributed by atoms with Crippen molar-refractivity contribution < 1.29 is 4.74 Å². The van der Waals surface area contributed by atoms with E-state index in [1.807, 2.05) is 6.20 Å². The molecule has 0 aliphatic carbocycles. The second kappa shape index (κ2) is 3.95. The van der Waals surface area contributed by atoms with E-state index in [2.05, 4.69) is 57.8 Å². The highest BCUT2D eigenvalue weighted by Crippen LogP contribution is 2.37. The number of nitrogens with zero attached hydrogens (tertiary/aromatic N) is 1.